The zero-order chi connectivity index (χ0) is 17.2. The number of hydrogen-bond acceptors (Lipinski definition) is 1. The third-order valence-electron chi connectivity index (χ3n) is 3.75. The van der Waals surface area contributed by atoms with Gasteiger partial charge in [0.05, 0.1) is 5.56 Å². The lowest BCUT2D eigenvalue weighted by atomic mass is 9.99. The van der Waals surface area contributed by atoms with Crippen LogP contribution in [0.25, 0.3) is 0 Å². The summed E-state index contributed by atoms with van der Waals surface area (Å²) in [4.78, 5) is 0. The molecule has 2 rings (SSSR count). The van der Waals surface area contributed by atoms with Crippen LogP contribution in [0.15, 0.2) is 42.5 Å². The molecule has 1 nitrogen and oxygen atoms in total. The maximum atomic E-state index is 13.2. The Hall–Kier alpha value is -2.04. The number of hydrogen-bond donors (Lipinski definition) is 1. The molecule has 0 bridgehead atoms. The third kappa shape index (κ3) is 4.24. The van der Waals surface area contributed by atoms with E-state index < -0.39 is 23.6 Å². The molecule has 0 saturated carbocycles. The van der Waals surface area contributed by atoms with Gasteiger partial charge in [0.15, 0.2) is 0 Å². The minimum atomic E-state index is -4.59. The van der Waals surface area contributed by atoms with Gasteiger partial charge in [0.2, 0.25) is 0 Å². The summed E-state index contributed by atoms with van der Waals surface area (Å²) in [6.45, 7) is 5.76. The number of halogens is 4. The zero-order valence-corrected chi connectivity index (χ0v) is 13.2. The maximum Gasteiger partial charge on any atom is 0.416 e. The highest BCUT2D eigenvalue weighted by atomic mass is 19.4. The van der Waals surface area contributed by atoms with Gasteiger partial charge in [-0.25, -0.2) is 4.39 Å². The molecular weight excluding hydrogens is 306 g/mol. The molecule has 0 heterocycles. The Morgan fingerprint density at radius 3 is 2.04 bits per heavy atom. The predicted octanol–water partition coefficient (Wildman–Crippen LogP) is 6.14. The molecule has 0 radical (unpaired) electrons. The van der Waals surface area contributed by atoms with Crippen molar-refractivity contribution in [3.63, 3.8) is 0 Å². The van der Waals surface area contributed by atoms with Crippen LogP contribution in [0.4, 0.5) is 23.2 Å². The molecule has 0 spiro atoms. The summed E-state index contributed by atoms with van der Waals surface area (Å²) < 4.78 is 52.4. The van der Waals surface area contributed by atoms with Crippen molar-refractivity contribution in [1.29, 1.82) is 0 Å². The van der Waals surface area contributed by atoms with Crippen LogP contribution >= 0.6 is 0 Å². The molecule has 0 fully saturated rings. The number of anilines is 1. The first-order valence-electron chi connectivity index (χ1n) is 7.41. The molecule has 0 aromatic heterocycles. The minimum Gasteiger partial charge on any atom is -0.379 e. The topological polar surface area (TPSA) is 12.0 Å². The quantitative estimate of drug-likeness (QED) is 0.666. The largest absolute Gasteiger partial charge is 0.416 e. The average Bonchev–Trinajstić information content (AvgIpc) is 2.46. The van der Waals surface area contributed by atoms with Crippen LogP contribution in [-0.2, 0) is 6.18 Å². The highest BCUT2D eigenvalue weighted by molar-refractivity contribution is 5.48. The standard InChI is InChI=1S/C18H19F4N/c1-11(2)13-4-7-15(8-5-13)23-12(3)16-9-6-14(19)10-17(16)18(20,21)22/h4-12,23H,1-3H3. The smallest absolute Gasteiger partial charge is 0.379 e. The van der Waals surface area contributed by atoms with Gasteiger partial charge >= 0.3 is 6.18 Å². The summed E-state index contributed by atoms with van der Waals surface area (Å²) in [6.07, 6.45) is -4.59. The summed E-state index contributed by atoms with van der Waals surface area (Å²) in [5, 5.41) is 3.03. The Labute approximate surface area is 133 Å². The van der Waals surface area contributed by atoms with Crippen LogP contribution in [0.2, 0.25) is 0 Å². The van der Waals surface area contributed by atoms with Crippen molar-refractivity contribution >= 4 is 5.69 Å². The van der Waals surface area contributed by atoms with Crippen LogP contribution in [0.1, 0.15) is 49.4 Å². The number of nitrogens with one attached hydrogen (secondary N) is 1. The lowest BCUT2D eigenvalue weighted by molar-refractivity contribution is -0.138. The van der Waals surface area contributed by atoms with E-state index in [9.17, 15) is 17.6 Å². The van der Waals surface area contributed by atoms with Gasteiger partial charge in [0, 0.05) is 11.7 Å². The monoisotopic (exact) mass is 325 g/mol. The number of alkyl halides is 3. The second-order valence-corrected chi connectivity index (χ2v) is 5.87. The van der Waals surface area contributed by atoms with Crippen molar-refractivity contribution in [2.24, 2.45) is 0 Å². The molecule has 0 aliphatic heterocycles. The summed E-state index contributed by atoms with van der Waals surface area (Å²) in [5.74, 6) is -0.509. The van der Waals surface area contributed by atoms with E-state index in [1.54, 1.807) is 6.92 Å². The molecule has 23 heavy (non-hydrogen) atoms. The van der Waals surface area contributed by atoms with Gasteiger partial charge in [-0.2, -0.15) is 13.2 Å². The van der Waals surface area contributed by atoms with Crippen molar-refractivity contribution in [3.05, 3.63) is 65.0 Å². The SMILES string of the molecule is CC(C)c1ccc(NC(C)c2ccc(F)cc2C(F)(F)F)cc1. The molecule has 0 aliphatic rings. The van der Waals surface area contributed by atoms with Gasteiger partial charge in [-0.05, 0) is 48.2 Å². The second-order valence-electron chi connectivity index (χ2n) is 5.87. The lowest BCUT2D eigenvalue weighted by Crippen LogP contribution is -2.15. The Morgan fingerprint density at radius 1 is 0.913 bits per heavy atom. The van der Waals surface area contributed by atoms with E-state index >= 15 is 0 Å². The van der Waals surface area contributed by atoms with Gasteiger partial charge in [0.1, 0.15) is 5.82 Å². The summed E-state index contributed by atoms with van der Waals surface area (Å²) in [7, 11) is 0. The van der Waals surface area contributed by atoms with E-state index in [1.807, 2.05) is 24.3 Å². The molecule has 2 aromatic rings. The zero-order valence-electron chi connectivity index (χ0n) is 13.2. The number of rotatable bonds is 4. The minimum absolute atomic E-state index is 0.0202. The first-order chi connectivity index (χ1) is 10.7. The van der Waals surface area contributed by atoms with E-state index in [0.717, 1.165) is 17.3 Å². The summed E-state index contributed by atoms with van der Waals surface area (Å²) >= 11 is 0. The van der Waals surface area contributed by atoms with E-state index in [2.05, 4.69) is 19.2 Å². The van der Waals surface area contributed by atoms with E-state index in [1.165, 1.54) is 6.07 Å². The molecule has 1 unspecified atom stereocenters. The van der Waals surface area contributed by atoms with E-state index in [0.29, 0.717) is 12.0 Å². The molecule has 5 heteroatoms. The number of benzene rings is 2. The molecule has 1 atom stereocenters. The maximum absolute atomic E-state index is 13.2. The fourth-order valence-electron chi connectivity index (χ4n) is 2.44. The Bertz CT molecular complexity index is 660. The van der Waals surface area contributed by atoms with Crippen LogP contribution < -0.4 is 5.32 Å². The van der Waals surface area contributed by atoms with Gasteiger partial charge < -0.3 is 5.32 Å². The molecule has 124 valence electrons. The van der Waals surface area contributed by atoms with Crippen LogP contribution in [0.3, 0.4) is 0 Å². The Kier molecular flexibility index (Phi) is 4.97. The van der Waals surface area contributed by atoms with Crippen LogP contribution in [0, 0.1) is 5.82 Å². The highest BCUT2D eigenvalue weighted by Crippen LogP contribution is 2.36. The molecule has 0 saturated heterocycles. The van der Waals surface area contributed by atoms with Crippen LogP contribution in [-0.4, -0.2) is 0 Å². The van der Waals surface area contributed by atoms with Crippen molar-refractivity contribution in [3.8, 4) is 0 Å². The van der Waals surface area contributed by atoms with E-state index in [-0.39, 0.29) is 5.56 Å². The lowest BCUT2D eigenvalue weighted by Gasteiger charge is -2.21. The molecular formula is C18H19F4N. The first kappa shape index (κ1) is 17.3. The van der Waals surface area contributed by atoms with Crippen molar-refractivity contribution in [2.75, 3.05) is 5.32 Å². The van der Waals surface area contributed by atoms with Crippen molar-refractivity contribution in [2.45, 2.75) is 38.9 Å². The first-order valence-corrected chi connectivity index (χ1v) is 7.41. The molecule has 1 N–H and O–H groups in total. The second kappa shape index (κ2) is 6.60. The molecule has 0 aliphatic carbocycles. The average molecular weight is 325 g/mol. The Morgan fingerprint density at radius 2 is 1.52 bits per heavy atom. The molecule has 2 aromatic carbocycles. The van der Waals surface area contributed by atoms with Gasteiger partial charge in [0.25, 0.3) is 0 Å². The predicted molar refractivity (Wildman–Crippen MR) is 84.0 cm³/mol. The molecule has 0 amide bonds. The summed E-state index contributed by atoms with van der Waals surface area (Å²) in [5.41, 5.74) is 0.948. The highest BCUT2D eigenvalue weighted by Gasteiger charge is 2.35. The van der Waals surface area contributed by atoms with Gasteiger partial charge in [-0.15, -0.1) is 0 Å². The van der Waals surface area contributed by atoms with Crippen LogP contribution in [0.5, 0.6) is 0 Å². The van der Waals surface area contributed by atoms with Gasteiger partial charge in [-0.1, -0.05) is 32.0 Å². The van der Waals surface area contributed by atoms with Crippen molar-refractivity contribution < 1.29 is 17.6 Å². The summed E-state index contributed by atoms with van der Waals surface area (Å²) in [6, 6.07) is 9.71. The normalized spacial score (nSPS) is 13.2. The Balaban J connectivity index is 2.25. The fourth-order valence-corrected chi connectivity index (χ4v) is 2.44. The fraction of sp³-hybridized carbons (Fsp3) is 0.333. The van der Waals surface area contributed by atoms with E-state index in [4.69, 9.17) is 0 Å². The van der Waals surface area contributed by atoms with Crippen molar-refractivity contribution in [1.82, 2.24) is 0 Å². The third-order valence-corrected chi connectivity index (χ3v) is 3.75. The van der Waals surface area contributed by atoms with Gasteiger partial charge in [-0.3, -0.25) is 0 Å².